The van der Waals surface area contributed by atoms with Crippen LogP contribution in [0.5, 0.6) is 0 Å². The van der Waals surface area contributed by atoms with Crippen molar-refractivity contribution in [2.75, 3.05) is 7.11 Å². The van der Waals surface area contributed by atoms with Gasteiger partial charge in [-0.25, -0.2) is 4.79 Å². The minimum Gasteiger partial charge on any atom is -0.455 e. The minimum atomic E-state index is -1.19. The fourth-order valence-electron chi connectivity index (χ4n) is 4.87. The van der Waals surface area contributed by atoms with E-state index < -0.39 is 5.60 Å². The first kappa shape index (κ1) is 19.8. The van der Waals surface area contributed by atoms with Crippen LogP contribution < -0.4 is 0 Å². The van der Waals surface area contributed by atoms with Crippen LogP contribution in [0.15, 0.2) is 78.9 Å². The average Bonchev–Trinajstić information content (AvgIpc) is 2.83. The van der Waals surface area contributed by atoms with Crippen molar-refractivity contribution in [3.05, 3.63) is 95.6 Å². The van der Waals surface area contributed by atoms with Gasteiger partial charge < -0.3 is 9.47 Å². The Morgan fingerprint density at radius 2 is 1.55 bits per heavy atom. The number of aryl methyl sites for hydroxylation is 1. The molecule has 3 nitrogen and oxygen atoms in total. The summed E-state index contributed by atoms with van der Waals surface area (Å²) < 4.78 is 12.1. The molecule has 0 aromatic heterocycles. The summed E-state index contributed by atoms with van der Waals surface area (Å²) in [5, 5.41) is 4.42. The second kappa shape index (κ2) is 7.82. The van der Waals surface area contributed by atoms with E-state index in [4.69, 9.17) is 9.47 Å². The molecule has 1 aliphatic carbocycles. The van der Waals surface area contributed by atoms with Crippen molar-refractivity contribution in [3.63, 3.8) is 0 Å². The first-order valence-corrected chi connectivity index (χ1v) is 10.9. The number of ether oxygens (including phenoxy) is 2. The first-order chi connectivity index (χ1) is 15.1. The molecule has 1 aliphatic rings. The number of benzene rings is 4. The molecule has 0 spiro atoms. The molecule has 31 heavy (non-hydrogen) atoms. The van der Waals surface area contributed by atoms with E-state index in [2.05, 4.69) is 24.3 Å². The molecule has 5 rings (SSSR count). The monoisotopic (exact) mass is 410 g/mol. The molecule has 0 amide bonds. The van der Waals surface area contributed by atoms with Crippen LogP contribution in [0.1, 0.15) is 42.6 Å². The minimum absolute atomic E-state index is 0.271. The normalized spacial score (nSPS) is 17.8. The number of fused-ring (bicyclic) bond motifs is 4. The van der Waals surface area contributed by atoms with E-state index in [1.54, 1.807) is 7.11 Å². The Bertz CT molecular complexity index is 1270. The molecular formula is C28H26O3. The van der Waals surface area contributed by atoms with Crippen molar-refractivity contribution >= 4 is 27.5 Å². The highest BCUT2D eigenvalue weighted by molar-refractivity contribution is 5.93. The lowest BCUT2D eigenvalue weighted by molar-refractivity contribution is -0.175. The lowest BCUT2D eigenvalue weighted by atomic mass is 9.85. The Labute approximate surface area is 182 Å². The molecule has 0 saturated carbocycles. The third-order valence-electron chi connectivity index (χ3n) is 6.65. The van der Waals surface area contributed by atoms with Gasteiger partial charge in [0.2, 0.25) is 0 Å². The molecule has 0 bridgehead atoms. The summed E-state index contributed by atoms with van der Waals surface area (Å²) in [6.45, 7) is 1.81. The van der Waals surface area contributed by atoms with Crippen molar-refractivity contribution in [2.24, 2.45) is 0 Å². The summed E-state index contributed by atoms with van der Waals surface area (Å²) in [5.41, 5.74) is 2.05. The molecular weight excluding hydrogens is 384 g/mol. The van der Waals surface area contributed by atoms with Gasteiger partial charge in [0.05, 0.1) is 0 Å². The van der Waals surface area contributed by atoms with Gasteiger partial charge in [0.1, 0.15) is 6.10 Å². The van der Waals surface area contributed by atoms with Crippen LogP contribution >= 0.6 is 0 Å². The highest BCUT2D eigenvalue weighted by Crippen LogP contribution is 2.40. The van der Waals surface area contributed by atoms with Crippen LogP contribution in [0.2, 0.25) is 0 Å². The quantitative estimate of drug-likeness (QED) is 0.361. The first-order valence-electron chi connectivity index (χ1n) is 10.9. The molecule has 3 heteroatoms. The van der Waals surface area contributed by atoms with E-state index in [1.165, 1.54) is 16.3 Å². The van der Waals surface area contributed by atoms with Gasteiger partial charge in [-0.3, -0.25) is 0 Å². The highest BCUT2D eigenvalue weighted by atomic mass is 16.6. The molecule has 0 fully saturated rings. The Kier molecular flexibility index (Phi) is 4.99. The summed E-state index contributed by atoms with van der Waals surface area (Å²) in [6, 6.07) is 26.7. The lowest BCUT2D eigenvalue weighted by Gasteiger charge is -2.32. The van der Waals surface area contributed by atoms with Crippen LogP contribution in [0, 0.1) is 0 Å². The number of methoxy groups -OCH3 is 1. The summed E-state index contributed by atoms with van der Waals surface area (Å²) in [4.78, 5) is 13.6. The van der Waals surface area contributed by atoms with E-state index >= 15 is 0 Å². The maximum atomic E-state index is 13.6. The van der Waals surface area contributed by atoms with Crippen LogP contribution in [-0.2, 0) is 26.3 Å². The molecule has 0 N–H and O–H groups in total. The van der Waals surface area contributed by atoms with Crippen molar-refractivity contribution in [1.82, 2.24) is 0 Å². The third kappa shape index (κ3) is 3.30. The molecule has 0 radical (unpaired) electrons. The van der Waals surface area contributed by atoms with E-state index in [0.717, 1.165) is 41.2 Å². The van der Waals surface area contributed by atoms with Gasteiger partial charge in [0.25, 0.3) is 0 Å². The van der Waals surface area contributed by atoms with E-state index in [0.29, 0.717) is 0 Å². The predicted molar refractivity (Wildman–Crippen MR) is 124 cm³/mol. The summed E-state index contributed by atoms with van der Waals surface area (Å²) in [6.07, 6.45) is 2.56. The Morgan fingerprint density at radius 3 is 2.32 bits per heavy atom. The van der Waals surface area contributed by atoms with Crippen molar-refractivity contribution in [1.29, 1.82) is 0 Å². The highest BCUT2D eigenvalue weighted by Gasteiger charge is 2.40. The fraction of sp³-hybridized carbons (Fsp3) is 0.250. The zero-order valence-electron chi connectivity index (χ0n) is 17.9. The zero-order valence-corrected chi connectivity index (χ0v) is 17.9. The largest absolute Gasteiger partial charge is 0.455 e. The van der Waals surface area contributed by atoms with Gasteiger partial charge >= 0.3 is 5.97 Å². The Morgan fingerprint density at radius 1 is 0.871 bits per heavy atom. The summed E-state index contributed by atoms with van der Waals surface area (Å²) >= 11 is 0. The van der Waals surface area contributed by atoms with Gasteiger partial charge in [0.15, 0.2) is 5.60 Å². The van der Waals surface area contributed by atoms with Gasteiger partial charge in [-0.1, -0.05) is 78.9 Å². The topological polar surface area (TPSA) is 35.5 Å². The second-order valence-corrected chi connectivity index (χ2v) is 8.41. The van der Waals surface area contributed by atoms with Crippen LogP contribution in [0.4, 0.5) is 0 Å². The van der Waals surface area contributed by atoms with Crippen LogP contribution in [0.3, 0.4) is 0 Å². The maximum Gasteiger partial charge on any atom is 0.343 e. The molecule has 4 aromatic carbocycles. The van der Waals surface area contributed by atoms with Crippen molar-refractivity contribution < 1.29 is 14.3 Å². The summed E-state index contributed by atoms with van der Waals surface area (Å²) in [7, 11) is 1.58. The number of carbonyl (C=O) groups excluding carboxylic acids is 1. The van der Waals surface area contributed by atoms with Crippen molar-refractivity contribution in [3.8, 4) is 0 Å². The second-order valence-electron chi connectivity index (χ2n) is 8.41. The molecule has 0 saturated heterocycles. The number of rotatable bonds is 4. The fourth-order valence-corrected chi connectivity index (χ4v) is 4.87. The molecule has 2 atom stereocenters. The lowest BCUT2D eigenvalue weighted by Crippen LogP contribution is -2.37. The van der Waals surface area contributed by atoms with E-state index in [9.17, 15) is 4.79 Å². The Balaban J connectivity index is 1.55. The number of hydrogen-bond donors (Lipinski definition) is 0. The Hall–Kier alpha value is -3.17. The van der Waals surface area contributed by atoms with Crippen LogP contribution in [0.25, 0.3) is 21.5 Å². The zero-order chi connectivity index (χ0) is 21.4. The number of hydrogen-bond acceptors (Lipinski definition) is 3. The molecule has 0 heterocycles. The average molecular weight is 411 g/mol. The van der Waals surface area contributed by atoms with E-state index in [1.807, 2.05) is 61.5 Å². The number of esters is 1. The van der Waals surface area contributed by atoms with E-state index in [-0.39, 0.29) is 12.1 Å². The third-order valence-corrected chi connectivity index (χ3v) is 6.65. The number of carbonyl (C=O) groups is 1. The van der Waals surface area contributed by atoms with Gasteiger partial charge in [-0.15, -0.1) is 0 Å². The molecule has 156 valence electrons. The standard InChI is InChI=1S/C28H26O3/c1-28(30-2,24-15-7-11-19-9-3-5-13-22(19)24)27(29)31-25-16-8-12-21-18-17-20-10-4-6-14-23(20)26(21)25/h3-7,9-11,13-15,17-18,25H,8,12,16H2,1-2H3/t25-,28-/m0/s1. The SMILES string of the molecule is CO[C@](C)(C(=O)O[C@H]1CCCc2ccc3ccccc3c21)c1cccc2ccccc12. The molecule has 4 aromatic rings. The predicted octanol–water partition coefficient (Wildman–Crippen LogP) is 6.48. The summed E-state index contributed by atoms with van der Waals surface area (Å²) in [5.74, 6) is -0.350. The van der Waals surface area contributed by atoms with Gasteiger partial charge in [-0.2, -0.15) is 0 Å². The van der Waals surface area contributed by atoms with Gasteiger partial charge in [-0.05, 0) is 53.3 Å². The van der Waals surface area contributed by atoms with Crippen LogP contribution in [-0.4, -0.2) is 13.1 Å². The smallest absolute Gasteiger partial charge is 0.343 e. The molecule has 0 aliphatic heterocycles. The van der Waals surface area contributed by atoms with Gasteiger partial charge in [0, 0.05) is 18.2 Å². The van der Waals surface area contributed by atoms with Crippen molar-refractivity contribution in [2.45, 2.75) is 37.9 Å². The molecule has 0 unspecified atom stereocenters. The maximum absolute atomic E-state index is 13.6.